The first-order valence-electron chi connectivity index (χ1n) is 5.41. The molecule has 0 saturated carbocycles. The molecular formula is C13H16O. The third-order valence-electron chi connectivity index (χ3n) is 3.06. The number of rotatable bonds is 0. The Morgan fingerprint density at radius 1 is 1.21 bits per heavy atom. The standard InChI is InChI=1S/C13H16O/c1-10-6-2-3-7-11-8-4-5-9-12(11)13(10)14/h4-5,8-10H,2-3,6-7H2,1H3. The Morgan fingerprint density at radius 2 is 2.00 bits per heavy atom. The fourth-order valence-corrected chi connectivity index (χ4v) is 2.14. The molecule has 0 saturated heterocycles. The Morgan fingerprint density at radius 3 is 2.86 bits per heavy atom. The van der Waals surface area contributed by atoms with E-state index in [0.29, 0.717) is 5.78 Å². The summed E-state index contributed by atoms with van der Waals surface area (Å²) in [4.78, 5) is 12.0. The van der Waals surface area contributed by atoms with E-state index in [2.05, 4.69) is 6.07 Å². The van der Waals surface area contributed by atoms with Crippen molar-refractivity contribution in [2.24, 2.45) is 5.92 Å². The lowest BCUT2D eigenvalue weighted by Gasteiger charge is -2.17. The van der Waals surface area contributed by atoms with E-state index in [1.54, 1.807) is 0 Å². The Kier molecular flexibility index (Phi) is 2.67. The summed E-state index contributed by atoms with van der Waals surface area (Å²) in [6.07, 6.45) is 4.51. The zero-order valence-electron chi connectivity index (χ0n) is 8.62. The molecule has 0 N–H and O–H groups in total. The molecule has 2 rings (SSSR count). The molecular weight excluding hydrogens is 172 g/mol. The Hall–Kier alpha value is -1.11. The molecule has 1 unspecified atom stereocenters. The van der Waals surface area contributed by atoms with Gasteiger partial charge in [-0.3, -0.25) is 4.79 Å². The van der Waals surface area contributed by atoms with Gasteiger partial charge in [0, 0.05) is 11.5 Å². The highest BCUT2D eigenvalue weighted by molar-refractivity contribution is 5.99. The minimum atomic E-state index is 0.205. The van der Waals surface area contributed by atoms with Gasteiger partial charge in [-0.1, -0.05) is 37.6 Å². The van der Waals surface area contributed by atoms with Crippen molar-refractivity contribution in [3.63, 3.8) is 0 Å². The predicted molar refractivity (Wildman–Crippen MR) is 57.5 cm³/mol. The van der Waals surface area contributed by atoms with Crippen LogP contribution in [-0.4, -0.2) is 5.78 Å². The molecule has 0 bridgehead atoms. The first kappa shape index (κ1) is 9.45. The van der Waals surface area contributed by atoms with E-state index in [4.69, 9.17) is 0 Å². The van der Waals surface area contributed by atoms with E-state index < -0.39 is 0 Å². The van der Waals surface area contributed by atoms with Crippen LogP contribution >= 0.6 is 0 Å². The van der Waals surface area contributed by atoms with Crippen molar-refractivity contribution >= 4 is 5.78 Å². The van der Waals surface area contributed by atoms with Crippen LogP contribution in [0.4, 0.5) is 0 Å². The SMILES string of the molecule is CC1CCCCc2ccccc2C1=O. The van der Waals surface area contributed by atoms with Gasteiger partial charge in [0.1, 0.15) is 0 Å². The highest BCUT2D eigenvalue weighted by Crippen LogP contribution is 2.23. The van der Waals surface area contributed by atoms with Gasteiger partial charge in [0.05, 0.1) is 0 Å². The monoisotopic (exact) mass is 188 g/mol. The molecule has 14 heavy (non-hydrogen) atoms. The maximum atomic E-state index is 12.0. The largest absolute Gasteiger partial charge is 0.294 e. The number of hydrogen-bond acceptors (Lipinski definition) is 1. The Labute approximate surface area is 85.1 Å². The van der Waals surface area contributed by atoms with Crippen LogP contribution < -0.4 is 0 Å². The summed E-state index contributed by atoms with van der Waals surface area (Å²) >= 11 is 0. The molecule has 1 aliphatic rings. The second-order valence-corrected chi connectivity index (χ2v) is 4.17. The molecule has 1 aromatic carbocycles. The second-order valence-electron chi connectivity index (χ2n) is 4.17. The third-order valence-corrected chi connectivity index (χ3v) is 3.06. The predicted octanol–water partition coefficient (Wildman–Crippen LogP) is 3.23. The van der Waals surface area contributed by atoms with Crippen LogP contribution in [0.15, 0.2) is 24.3 Å². The zero-order valence-corrected chi connectivity index (χ0v) is 8.62. The fraction of sp³-hybridized carbons (Fsp3) is 0.462. The molecule has 0 radical (unpaired) electrons. The van der Waals surface area contributed by atoms with E-state index in [1.807, 2.05) is 25.1 Å². The zero-order chi connectivity index (χ0) is 9.97. The van der Waals surface area contributed by atoms with Gasteiger partial charge in [-0.2, -0.15) is 0 Å². The number of fused-ring (bicyclic) bond motifs is 1. The lowest BCUT2D eigenvalue weighted by atomic mass is 9.87. The van der Waals surface area contributed by atoms with Gasteiger partial charge in [0.2, 0.25) is 0 Å². The van der Waals surface area contributed by atoms with Crippen LogP contribution in [0, 0.1) is 5.92 Å². The maximum absolute atomic E-state index is 12.0. The van der Waals surface area contributed by atoms with Crippen LogP contribution in [-0.2, 0) is 6.42 Å². The van der Waals surface area contributed by atoms with Crippen molar-refractivity contribution in [1.82, 2.24) is 0 Å². The Balaban J connectivity index is 2.40. The second kappa shape index (κ2) is 3.95. The van der Waals surface area contributed by atoms with Crippen LogP contribution in [0.2, 0.25) is 0 Å². The van der Waals surface area contributed by atoms with Crippen LogP contribution in [0.5, 0.6) is 0 Å². The van der Waals surface area contributed by atoms with Gasteiger partial charge in [-0.25, -0.2) is 0 Å². The summed E-state index contributed by atoms with van der Waals surface area (Å²) in [5, 5.41) is 0. The van der Waals surface area contributed by atoms with Crippen LogP contribution in [0.1, 0.15) is 42.1 Å². The lowest BCUT2D eigenvalue weighted by molar-refractivity contribution is 0.0918. The number of benzene rings is 1. The summed E-state index contributed by atoms with van der Waals surface area (Å²) in [5.74, 6) is 0.539. The van der Waals surface area contributed by atoms with E-state index >= 15 is 0 Å². The first-order chi connectivity index (χ1) is 6.79. The van der Waals surface area contributed by atoms with Gasteiger partial charge < -0.3 is 0 Å². The van der Waals surface area contributed by atoms with Gasteiger partial charge in [0.25, 0.3) is 0 Å². The average molecular weight is 188 g/mol. The minimum Gasteiger partial charge on any atom is -0.294 e. The normalized spacial score (nSPS) is 22.4. The minimum absolute atomic E-state index is 0.205. The topological polar surface area (TPSA) is 17.1 Å². The number of carbonyl (C=O) groups excluding carboxylic acids is 1. The van der Waals surface area contributed by atoms with Crippen molar-refractivity contribution in [2.45, 2.75) is 32.6 Å². The van der Waals surface area contributed by atoms with Crippen LogP contribution in [0.3, 0.4) is 0 Å². The summed E-state index contributed by atoms with van der Waals surface area (Å²) in [7, 11) is 0. The smallest absolute Gasteiger partial charge is 0.165 e. The van der Waals surface area contributed by atoms with Crippen LogP contribution in [0.25, 0.3) is 0 Å². The van der Waals surface area contributed by atoms with Gasteiger partial charge in [-0.05, 0) is 24.8 Å². The molecule has 74 valence electrons. The molecule has 0 fully saturated rings. The summed E-state index contributed by atoms with van der Waals surface area (Å²) < 4.78 is 0. The van der Waals surface area contributed by atoms with E-state index in [1.165, 1.54) is 18.4 Å². The molecule has 0 aromatic heterocycles. The molecule has 0 amide bonds. The number of carbonyl (C=O) groups is 1. The number of aryl methyl sites for hydroxylation is 1. The summed E-state index contributed by atoms with van der Waals surface area (Å²) in [6, 6.07) is 8.05. The lowest BCUT2D eigenvalue weighted by Crippen LogP contribution is -2.15. The molecule has 0 spiro atoms. The number of hydrogen-bond donors (Lipinski definition) is 0. The Bertz CT molecular complexity index is 341. The van der Waals surface area contributed by atoms with Gasteiger partial charge in [0.15, 0.2) is 5.78 Å². The van der Waals surface area contributed by atoms with Crippen molar-refractivity contribution in [3.05, 3.63) is 35.4 Å². The molecule has 0 heterocycles. The van der Waals surface area contributed by atoms with Crippen molar-refractivity contribution in [3.8, 4) is 0 Å². The number of ketones is 1. The van der Waals surface area contributed by atoms with Gasteiger partial charge in [-0.15, -0.1) is 0 Å². The molecule has 1 heteroatoms. The third kappa shape index (κ3) is 1.72. The average Bonchev–Trinajstić information content (AvgIpc) is 2.22. The van der Waals surface area contributed by atoms with E-state index in [0.717, 1.165) is 18.4 Å². The van der Waals surface area contributed by atoms with E-state index in [9.17, 15) is 4.79 Å². The summed E-state index contributed by atoms with van der Waals surface area (Å²) in [6.45, 7) is 2.05. The van der Waals surface area contributed by atoms with Gasteiger partial charge >= 0.3 is 0 Å². The molecule has 1 aromatic rings. The molecule has 1 aliphatic carbocycles. The van der Waals surface area contributed by atoms with Crippen molar-refractivity contribution < 1.29 is 4.79 Å². The first-order valence-corrected chi connectivity index (χ1v) is 5.41. The molecule has 0 aliphatic heterocycles. The molecule has 1 atom stereocenters. The maximum Gasteiger partial charge on any atom is 0.165 e. The number of Topliss-reactive ketones (excluding diaryl/α,β-unsaturated/α-hetero) is 1. The van der Waals surface area contributed by atoms with E-state index in [-0.39, 0.29) is 5.92 Å². The fourth-order valence-electron chi connectivity index (χ4n) is 2.14. The molecule has 1 nitrogen and oxygen atoms in total. The highest BCUT2D eigenvalue weighted by atomic mass is 16.1. The summed E-state index contributed by atoms with van der Waals surface area (Å²) in [5.41, 5.74) is 2.20. The quantitative estimate of drug-likeness (QED) is 0.611. The highest BCUT2D eigenvalue weighted by Gasteiger charge is 2.19. The van der Waals surface area contributed by atoms with Crippen molar-refractivity contribution in [1.29, 1.82) is 0 Å². The van der Waals surface area contributed by atoms with Crippen molar-refractivity contribution in [2.75, 3.05) is 0 Å².